The first-order valence-electron chi connectivity index (χ1n) is 8.18. The summed E-state index contributed by atoms with van der Waals surface area (Å²) in [6, 6.07) is 5.74. The molecule has 0 unspecified atom stereocenters. The first-order chi connectivity index (χ1) is 10.7. The van der Waals surface area contributed by atoms with Crippen molar-refractivity contribution in [3.63, 3.8) is 0 Å². The Kier molecular flexibility index (Phi) is 6.67. The summed E-state index contributed by atoms with van der Waals surface area (Å²) in [7, 11) is 0. The molecule has 0 amide bonds. The zero-order valence-electron chi connectivity index (χ0n) is 15.1. The summed E-state index contributed by atoms with van der Waals surface area (Å²) in [5, 5.41) is 4.28. The molecule has 0 aliphatic heterocycles. The number of hydrogen-bond donors (Lipinski definition) is 0. The number of ketones is 2. The van der Waals surface area contributed by atoms with Crippen LogP contribution in [0, 0.1) is 12.3 Å². The molecule has 2 aromatic heterocycles. The third kappa shape index (κ3) is 5.62. The maximum Gasteiger partial charge on any atom is 0.166 e. The van der Waals surface area contributed by atoms with E-state index in [2.05, 4.69) is 25.9 Å². The third-order valence-corrected chi connectivity index (χ3v) is 3.44. The average molecular weight is 316 g/mol. The Hall–Kier alpha value is -1.97. The van der Waals surface area contributed by atoms with Crippen LogP contribution in [-0.4, -0.2) is 21.2 Å². The SMILES string of the molecule is CCC(=O)CC(C)(C)C.CCC(=O)c1c(C)nn2ccccc12. The molecule has 0 atom stereocenters. The van der Waals surface area contributed by atoms with E-state index in [1.165, 1.54) is 0 Å². The Morgan fingerprint density at radius 1 is 1.13 bits per heavy atom. The molecule has 0 aliphatic carbocycles. The number of rotatable bonds is 4. The molecule has 4 nitrogen and oxygen atoms in total. The molecule has 0 N–H and O–H groups in total. The lowest BCUT2D eigenvalue weighted by atomic mass is 9.89. The van der Waals surface area contributed by atoms with Crippen LogP contribution in [0.5, 0.6) is 0 Å². The minimum absolute atomic E-state index is 0.156. The molecule has 2 aromatic rings. The van der Waals surface area contributed by atoms with Gasteiger partial charge in [0.25, 0.3) is 0 Å². The number of fused-ring (bicyclic) bond motifs is 1. The summed E-state index contributed by atoms with van der Waals surface area (Å²) in [6.45, 7) is 11.9. The van der Waals surface area contributed by atoms with E-state index in [4.69, 9.17) is 0 Å². The van der Waals surface area contributed by atoms with Gasteiger partial charge in [-0.25, -0.2) is 4.52 Å². The summed E-state index contributed by atoms with van der Waals surface area (Å²) >= 11 is 0. The molecule has 0 saturated carbocycles. The van der Waals surface area contributed by atoms with Gasteiger partial charge in [0.15, 0.2) is 5.78 Å². The smallest absolute Gasteiger partial charge is 0.166 e. The van der Waals surface area contributed by atoms with Gasteiger partial charge in [-0.3, -0.25) is 9.59 Å². The lowest BCUT2D eigenvalue weighted by Gasteiger charge is -2.15. The number of nitrogens with zero attached hydrogens (tertiary/aromatic N) is 2. The fourth-order valence-corrected chi connectivity index (χ4v) is 2.35. The maximum atomic E-state index is 11.7. The van der Waals surface area contributed by atoms with Gasteiger partial charge in [0.05, 0.1) is 16.8 Å². The lowest BCUT2D eigenvalue weighted by Crippen LogP contribution is -2.11. The van der Waals surface area contributed by atoms with E-state index >= 15 is 0 Å². The first-order valence-corrected chi connectivity index (χ1v) is 8.18. The molecule has 2 heterocycles. The van der Waals surface area contributed by atoms with Crippen molar-refractivity contribution < 1.29 is 9.59 Å². The van der Waals surface area contributed by atoms with E-state index in [0.717, 1.165) is 16.8 Å². The van der Waals surface area contributed by atoms with Crippen LogP contribution in [0.4, 0.5) is 0 Å². The molecule has 0 aromatic carbocycles. The van der Waals surface area contributed by atoms with Gasteiger partial charge in [-0.2, -0.15) is 5.10 Å². The van der Waals surface area contributed by atoms with Crippen molar-refractivity contribution in [1.29, 1.82) is 0 Å². The van der Waals surface area contributed by atoms with E-state index in [-0.39, 0.29) is 11.2 Å². The van der Waals surface area contributed by atoms with Gasteiger partial charge in [-0.15, -0.1) is 0 Å². The Balaban J connectivity index is 0.000000257. The molecule has 0 spiro atoms. The molecule has 0 radical (unpaired) electrons. The average Bonchev–Trinajstić information content (AvgIpc) is 2.81. The second-order valence-electron chi connectivity index (χ2n) is 6.90. The molecular weight excluding hydrogens is 288 g/mol. The van der Waals surface area contributed by atoms with Crippen LogP contribution in [-0.2, 0) is 4.79 Å². The molecule has 4 heteroatoms. The summed E-state index contributed by atoms with van der Waals surface area (Å²) in [5.41, 5.74) is 2.64. The third-order valence-electron chi connectivity index (χ3n) is 3.44. The highest BCUT2D eigenvalue weighted by Crippen LogP contribution is 2.19. The van der Waals surface area contributed by atoms with Crippen LogP contribution in [0.2, 0.25) is 0 Å². The van der Waals surface area contributed by atoms with Crippen molar-refractivity contribution in [2.24, 2.45) is 5.41 Å². The Bertz CT molecular complexity index is 678. The topological polar surface area (TPSA) is 51.4 Å². The zero-order chi connectivity index (χ0) is 17.6. The van der Waals surface area contributed by atoms with Crippen molar-refractivity contribution in [3.05, 3.63) is 35.7 Å². The number of carbonyl (C=O) groups is 2. The second-order valence-corrected chi connectivity index (χ2v) is 6.90. The quantitative estimate of drug-likeness (QED) is 0.772. The fraction of sp³-hybridized carbons (Fsp3) is 0.526. The Labute approximate surface area is 138 Å². The van der Waals surface area contributed by atoms with E-state index < -0.39 is 0 Å². The summed E-state index contributed by atoms with van der Waals surface area (Å²) in [6.07, 6.45) is 3.77. The number of aromatic nitrogens is 2. The van der Waals surface area contributed by atoms with E-state index in [1.54, 1.807) is 4.52 Å². The first kappa shape index (κ1) is 19.1. The van der Waals surface area contributed by atoms with Crippen LogP contribution < -0.4 is 0 Å². The maximum absolute atomic E-state index is 11.7. The van der Waals surface area contributed by atoms with Crippen molar-refractivity contribution in [2.75, 3.05) is 0 Å². The van der Waals surface area contributed by atoms with Crippen molar-refractivity contribution in [2.45, 2.75) is 60.8 Å². The highest BCUT2D eigenvalue weighted by atomic mass is 16.1. The highest BCUT2D eigenvalue weighted by Gasteiger charge is 2.14. The second kappa shape index (κ2) is 8.04. The summed E-state index contributed by atoms with van der Waals surface area (Å²) in [5.74, 6) is 0.520. The molecule has 0 aliphatic rings. The number of aryl methyl sites for hydroxylation is 1. The predicted octanol–water partition coefficient (Wildman–Crippen LogP) is 4.64. The largest absolute Gasteiger partial charge is 0.300 e. The van der Waals surface area contributed by atoms with Gasteiger partial charge >= 0.3 is 0 Å². The van der Waals surface area contributed by atoms with Crippen LogP contribution >= 0.6 is 0 Å². The van der Waals surface area contributed by atoms with E-state index in [1.807, 2.05) is 45.2 Å². The predicted molar refractivity (Wildman–Crippen MR) is 93.9 cm³/mol. The normalized spacial score (nSPS) is 11.0. The molecule has 0 bridgehead atoms. The number of hydrogen-bond acceptors (Lipinski definition) is 3. The van der Waals surface area contributed by atoms with Crippen LogP contribution in [0.3, 0.4) is 0 Å². The monoisotopic (exact) mass is 316 g/mol. The zero-order valence-corrected chi connectivity index (χ0v) is 15.1. The van der Waals surface area contributed by atoms with Gasteiger partial charge in [-0.05, 0) is 24.5 Å². The summed E-state index contributed by atoms with van der Waals surface area (Å²) < 4.78 is 1.75. The van der Waals surface area contributed by atoms with Gasteiger partial charge in [0.1, 0.15) is 5.78 Å². The fourth-order valence-electron chi connectivity index (χ4n) is 2.35. The molecule has 2 rings (SSSR count). The lowest BCUT2D eigenvalue weighted by molar-refractivity contribution is -0.120. The molecule has 126 valence electrons. The Morgan fingerprint density at radius 2 is 1.78 bits per heavy atom. The minimum Gasteiger partial charge on any atom is -0.300 e. The number of carbonyl (C=O) groups excluding carboxylic acids is 2. The summed E-state index contributed by atoms with van der Waals surface area (Å²) in [4.78, 5) is 22.5. The molecular formula is C19H28N2O2. The van der Waals surface area contributed by atoms with Crippen molar-refractivity contribution in [3.8, 4) is 0 Å². The van der Waals surface area contributed by atoms with Gasteiger partial charge in [0, 0.05) is 25.5 Å². The molecule has 0 fully saturated rings. The Morgan fingerprint density at radius 3 is 2.26 bits per heavy atom. The van der Waals surface area contributed by atoms with E-state index in [0.29, 0.717) is 25.0 Å². The number of pyridine rings is 1. The molecule has 0 saturated heterocycles. The van der Waals surface area contributed by atoms with Crippen LogP contribution in [0.15, 0.2) is 24.4 Å². The highest BCUT2D eigenvalue weighted by molar-refractivity contribution is 6.03. The van der Waals surface area contributed by atoms with Crippen molar-refractivity contribution in [1.82, 2.24) is 9.61 Å². The van der Waals surface area contributed by atoms with Gasteiger partial charge < -0.3 is 0 Å². The van der Waals surface area contributed by atoms with E-state index in [9.17, 15) is 9.59 Å². The minimum atomic E-state index is 0.156. The van der Waals surface area contributed by atoms with Crippen LogP contribution in [0.25, 0.3) is 5.52 Å². The van der Waals surface area contributed by atoms with Gasteiger partial charge in [-0.1, -0.05) is 40.7 Å². The van der Waals surface area contributed by atoms with Gasteiger partial charge in [0.2, 0.25) is 0 Å². The number of Topliss-reactive ketones (excluding diaryl/α,β-unsaturated/α-hetero) is 2. The van der Waals surface area contributed by atoms with Crippen LogP contribution in [0.1, 0.15) is 69.9 Å². The standard InChI is InChI=1S/C11H12N2O.C8H16O/c1-3-10(14)11-8(2)12-13-7-5-4-6-9(11)13;1-5-7(9)6-8(2,3)4/h4-7H,3H2,1-2H3;5-6H2,1-4H3. The van der Waals surface area contributed by atoms with Crippen molar-refractivity contribution >= 4 is 17.1 Å². The molecule has 23 heavy (non-hydrogen) atoms.